The van der Waals surface area contributed by atoms with Crippen molar-refractivity contribution in [1.29, 1.82) is 0 Å². The smallest absolute Gasteiger partial charge is 0.150 e. The van der Waals surface area contributed by atoms with Crippen molar-refractivity contribution in [2.24, 2.45) is 5.92 Å². The minimum Gasteiger partial charge on any atom is -0.508 e. The Morgan fingerprint density at radius 2 is 1.74 bits per heavy atom. The molecule has 1 saturated heterocycles. The lowest BCUT2D eigenvalue weighted by atomic mass is 9.86. The first-order valence-corrected chi connectivity index (χ1v) is 12.4. The topological polar surface area (TPSA) is 41.9 Å². The van der Waals surface area contributed by atoms with Gasteiger partial charge in [-0.3, -0.25) is 4.90 Å². The Morgan fingerprint density at radius 1 is 1.03 bits per heavy atom. The van der Waals surface area contributed by atoms with Crippen LogP contribution in [0.15, 0.2) is 60.7 Å². The molecule has 1 unspecified atom stereocenters. The molecular weight excluding hydrogens is 441 g/mol. The van der Waals surface area contributed by atoms with Gasteiger partial charge in [0.2, 0.25) is 0 Å². The lowest BCUT2D eigenvalue weighted by molar-refractivity contribution is 0.0806. The van der Waals surface area contributed by atoms with E-state index < -0.39 is 0 Å². The second-order valence-corrected chi connectivity index (χ2v) is 9.63. The lowest BCUT2D eigenvalue weighted by Gasteiger charge is -2.38. The number of halogens is 1. The maximum absolute atomic E-state index is 13.7. The van der Waals surface area contributed by atoms with Crippen LogP contribution in [0.25, 0.3) is 11.1 Å². The van der Waals surface area contributed by atoms with Crippen molar-refractivity contribution in [2.45, 2.75) is 33.3 Å². The van der Waals surface area contributed by atoms with E-state index in [0.717, 1.165) is 57.4 Å². The molecule has 1 N–H and O–H groups in total. The molecule has 0 radical (unpaired) electrons. The second-order valence-electron chi connectivity index (χ2n) is 9.63. The molecule has 2 aliphatic heterocycles. The fraction of sp³-hybridized carbons (Fsp3) is 0.333. The van der Waals surface area contributed by atoms with Gasteiger partial charge in [-0.2, -0.15) is 0 Å². The average molecular weight is 474 g/mol. The summed E-state index contributed by atoms with van der Waals surface area (Å²) < 4.78 is 26.2. The summed E-state index contributed by atoms with van der Waals surface area (Å²) in [5.41, 5.74) is 5.44. The first kappa shape index (κ1) is 23.4. The number of hydrogen-bond acceptors (Lipinski definition) is 4. The summed E-state index contributed by atoms with van der Waals surface area (Å²) in [7, 11) is 0. The Bertz CT molecular complexity index is 1230. The standard InChI is InChI=1S/C30H32FNO3/c1-4-21-17-32(18-21)13-14-34-25-11-7-23(8-12-25)30-29(22-5-9-24(31)10-6-22)20(3)26-16-27(33)19(2)15-28(26)35-30/h5-12,15-16,21,30,33H,4,13-14,17-18H2,1-3H3. The summed E-state index contributed by atoms with van der Waals surface area (Å²) in [6.07, 6.45) is 0.888. The highest BCUT2D eigenvalue weighted by Crippen LogP contribution is 2.48. The summed E-state index contributed by atoms with van der Waals surface area (Å²) in [4.78, 5) is 2.43. The summed E-state index contributed by atoms with van der Waals surface area (Å²) in [6, 6.07) is 18.1. The zero-order valence-corrected chi connectivity index (χ0v) is 20.6. The highest BCUT2D eigenvalue weighted by atomic mass is 19.1. The number of benzene rings is 3. The van der Waals surface area contributed by atoms with Crippen molar-refractivity contribution in [3.63, 3.8) is 0 Å². The van der Waals surface area contributed by atoms with Crippen LogP contribution < -0.4 is 9.47 Å². The molecule has 4 nitrogen and oxygen atoms in total. The van der Waals surface area contributed by atoms with Crippen LogP contribution in [0, 0.1) is 18.7 Å². The third-order valence-corrected chi connectivity index (χ3v) is 7.24. The predicted molar refractivity (Wildman–Crippen MR) is 137 cm³/mol. The quantitative estimate of drug-likeness (QED) is 0.418. The number of rotatable bonds is 7. The monoisotopic (exact) mass is 473 g/mol. The number of nitrogens with zero attached hydrogens (tertiary/aromatic N) is 1. The predicted octanol–water partition coefficient (Wildman–Crippen LogP) is 6.62. The van der Waals surface area contributed by atoms with Gasteiger partial charge in [0.15, 0.2) is 0 Å². The van der Waals surface area contributed by atoms with Gasteiger partial charge in [-0.1, -0.05) is 37.6 Å². The molecule has 5 rings (SSSR count). The van der Waals surface area contributed by atoms with E-state index in [1.165, 1.54) is 31.6 Å². The number of phenolic OH excluding ortho intramolecular Hbond substituents is 1. The van der Waals surface area contributed by atoms with Crippen LogP contribution in [-0.2, 0) is 0 Å². The Morgan fingerprint density at radius 3 is 2.43 bits per heavy atom. The number of allylic oxidation sites excluding steroid dienone is 1. The molecule has 0 amide bonds. The Balaban J connectivity index is 1.39. The van der Waals surface area contributed by atoms with Crippen LogP contribution in [0.2, 0.25) is 0 Å². The molecule has 5 heteroatoms. The van der Waals surface area contributed by atoms with E-state index in [2.05, 4.69) is 11.8 Å². The average Bonchev–Trinajstić information content (AvgIpc) is 2.83. The molecule has 1 atom stereocenters. The van der Waals surface area contributed by atoms with E-state index >= 15 is 0 Å². The van der Waals surface area contributed by atoms with E-state index in [4.69, 9.17) is 9.47 Å². The first-order valence-electron chi connectivity index (χ1n) is 12.4. The van der Waals surface area contributed by atoms with Gasteiger partial charge in [0.25, 0.3) is 0 Å². The Hall–Kier alpha value is -3.31. The van der Waals surface area contributed by atoms with Crippen LogP contribution >= 0.6 is 0 Å². The van der Waals surface area contributed by atoms with E-state index in [-0.39, 0.29) is 17.7 Å². The van der Waals surface area contributed by atoms with Crippen molar-refractivity contribution < 1.29 is 19.0 Å². The summed E-state index contributed by atoms with van der Waals surface area (Å²) in [5, 5.41) is 10.3. The fourth-order valence-corrected chi connectivity index (χ4v) is 4.97. The molecule has 0 saturated carbocycles. The summed E-state index contributed by atoms with van der Waals surface area (Å²) in [6.45, 7) is 10.1. The van der Waals surface area contributed by atoms with Gasteiger partial charge in [-0.25, -0.2) is 4.39 Å². The van der Waals surface area contributed by atoms with E-state index in [9.17, 15) is 9.50 Å². The molecule has 0 aliphatic carbocycles. The van der Waals surface area contributed by atoms with E-state index in [1.807, 2.05) is 44.2 Å². The molecular formula is C30H32FNO3. The minimum atomic E-state index is -0.363. The van der Waals surface area contributed by atoms with Crippen LogP contribution in [0.4, 0.5) is 4.39 Å². The fourth-order valence-electron chi connectivity index (χ4n) is 4.97. The molecule has 35 heavy (non-hydrogen) atoms. The molecule has 0 spiro atoms. The number of aromatic hydroxyl groups is 1. The van der Waals surface area contributed by atoms with Crippen LogP contribution in [0.3, 0.4) is 0 Å². The normalized spacial score (nSPS) is 18.1. The zero-order valence-electron chi connectivity index (χ0n) is 20.6. The van der Waals surface area contributed by atoms with Crippen molar-refractivity contribution >= 4 is 11.1 Å². The molecule has 2 heterocycles. The summed E-state index contributed by atoms with van der Waals surface area (Å²) >= 11 is 0. The van der Waals surface area contributed by atoms with E-state index in [1.54, 1.807) is 18.2 Å². The van der Waals surface area contributed by atoms with Gasteiger partial charge < -0.3 is 14.6 Å². The maximum Gasteiger partial charge on any atom is 0.150 e. The van der Waals surface area contributed by atoms with Crippen LogP contribution in [0.1, 0.15) is 48.6 Å². The van der Waals surface area contributed by atoms with Gasteiger partial charge in [0, 0.05) is 30.8 Å². The first-order chi connectivity index (χ1) is 16.9. The highest BCUT2D eigenvalue weighted by Gasteiger charge is 2.30. The van der Waals surface area contributed by atoms with Gasteiger partial charge in [0.05, 0.1) is 0 Å². The number of likely N-dealkylation sites (tertiary alicyclic amines) is 1. The largest absolute Gasteiger partial charge is 0.508 e. The number of fused-ring (bicyclic) bond motifs is 1. The third-order valence-electron chi connectivity index (χ3n) is 7.24. The minimum absolute atomic E-state index is 0.230. The highest BCUT2D eigenvalue weighted by molar-refractivity contribution is 5.95. The van der Waals surface area contributed by atoms with Crippen LogP contribution in [0.5, 0.6) is 17.2 Å². The molecule has 1 fully saturated rings. The van der Waals surface area contributed by atoms with Gasteiger partial charge in [-0.15, -0.1) is 0 Å². The summed E-state index contributed by atoms with van der Waals surface area (Å²) in [5.74, 6) is 2.36. The van der Waals surface area contributed by atoms with Crippen molar-refractivity contribution in [3.05, 3.63) is 88.7 Å². The Labute approximate surface area is 206 Å². The number of ether oxygens (including phenoxy) is 2. The van der Waals surface area contributed by atoms with Crippen molar-refractivity contribution in [3.8, 4) is 17.2 Å². The lowest BCUT2D eigenvalue weighted by Crippen LogP contribution is -2.47. The van der Waals surface area contributed by atoms with Crippen molar-refractivity contribution in [2.75, 3.05) is 26.2 Å². The molecule has 182 valence electrons. The Kier molecular flexibility index (Phi) is 6.52. The SMILES string of the molecule is CCC1CN(CCOc2ccc(C3Oc4cc(C)c(O)cc4C(C)=C3c3ccc(F)cc3)cc2)C1. The molecule has 3 aromatic carbocycles. The van der Waals surface area contributed by atoms with E-state index in [0.29, 0.717) is 6.61 Å². The zero-order chi connectivity index (χ0) is 24.5. The number of hydrogen-bond donors (Lipinski definition) is 1. The van der Waals surface area contributed by atoms with Crippen molar-refractivity contribution in [1.82, 2.24) is 4.90 Å². The van der Waals surface area contributed by atoms with Crippen LogP contribution in [-0.4, -0.2) is 36.2 Å². The van der Waals surface area contributed by atoms with Gasteiger partial charge >= 0.3 is 0 Å². The molecule has 3 aromatic rings. The number of aryl methyl sites for hydroxylation is 1. The second kappa shape index (κ2) is 9.74. The molecule has 0 bridgehead atoms. The van der Waals surface area contributed by atoms with Gasteiger partial charge in [-0.05, 0) is 78.4 Å². The molecule has 2 aliphatic rings. The number of phenols is 1. The third kappa shape index (κ3) is 4.78. The van der Waals surface area contributed by atoms with Gasteiger partial charge in [0.1, 0.15) is 35.8 Å². The maximum atomic E-state index is 13.7. The molecule has 0 aromatic heterocycles.